The predicted octanol–water partition coefficient (Wildman–Crippen LogP) is 8.20. The number of pyridine rings is 2. The quantitative estimate of drug-likeness (QED) is 0.140. The van der Waals surface area contributed by atoms with E-state index in [9.17, 15) is 9.59 Å². The molecule has 0 spiro atoms. The van der Waals surface area contributed by atoms with Crippen LogP contribution in [-0.2, 0) is 22.5 Å². The summed E-state index contributed by atoms with van der Waals surface area (Å²) in [6.45, 7) is 8.23. The van der Waals surface area contributed by atoms with Crippen LogP contribution in [0.25, 0.3) is 33.3 Å². The van der Waals surface area contributed by atoms with E-state index in [1.807, 2.05) is 23.4 Å². The molecule has 0 atom stereocenters. The normalized spacial score (nSPS) is 20.3. The summed E-state index contributed by atoms with van der Waals surface area (Å²) in [4.78, 5) is 42.1. The van der Waals surface area contributed by atoms with Crippen LogP contribution in [0.1, 0.15) is 91.6 Å². The van der Waals surface area contributed by atoms with Gasteiger partial charge in [0, 0.05) is 118 Å². The van der Waals surface area contributed by atoms with Crippen LogP contribution >= 0.6 is 11.6 Å². The minimum atomic E-state index is -0.205. The molecule has 6 aromatic rings. The highest BCUT2D eigenvalue weighted by atomic mass is 35.5. The maximum Gasteiger partial charge on any atom is 0.272 e. The fraction of sp³-hybridized carbons (Fsp3) is 0.434. The number of aromatic nitrogens is 6. The maximum absolute atomic E-state index is 13.1. The molecule has 2 amide bonds. The first kappa shape index (κ1) is 44.9. The molecule has 4 aliphatic heterocycles. The molecule has 5 aliphatic rings. The Morgan fingerprint density at radius 3 is 2.38 bits per heavy atom. The summed E-state index contributed by atoms with van der Waals surface area (Å²) < 4.78 is 14.0. The molecule has 1 aliphatic carbocycles. The second-order valence-electron chi connectivity index (χ2n) is 19.3. The van der Waals surface area contributed by atoms with Gasteiger partial charge in [-0.3, -0.25) is 19.3 Å². The Labute approximate surface area is 406 Å². The third kappa shape index (κ3) is 9.32. The van der Waals surface area contributed by atoms with Gasteiger partial charge in [-0.2, -0.15) is 10.4 Å². The molecular formula is C53H56ClN11O4. The van der Waals surface area contributed by atoms with Gasteiger partial charge in [-0.1, -0.05) is 29.8 Å². The van der Waals surface area contributed by atoms with Crippen molar-refractivity contribution >= 4 is 45.8 Å². The van der Waals surface area contributed by atoms with Crippen molar-refractivity contribution in [2.75, 3.05) is 55.7 Å². The summed E-state index contributed by atoms with van der Waals surface area (Å²) in [5.74, 6) is 3.60. The molecule has 354 valence electrons. The Kier molecular flexibility index (Phi) is 12.6. The lowest BCUT2D eigenvalue weighted by atomic mass is 9.79. The van der Waals surface area contributed by atoms with E-state index < -0.39 is 0 Å². The molecule has 16 heteroatoms. The molecule has 1 saturated carbocycles. The van der Waals surface area contributed by atoms with Crippen LogP contribution < -0.4 is 19.9 Å². The monoisotopic (exact) mass is 945 g/mol. The number of nitrogens with one attached hydrogen (secondary N) is 1. The van der Waals surface area contributed by atoms with E-state index in [4.69, 9.17) is 41.4 Å². The Morgan fingerprint density at radius 2 is 1.65 bits per heavy atom. The second-order valence-corrected chi connectivity index (χ2v) is 19.7. The van der Waals surface area contributed by atoms with Gasteiger partial charge in [-0.15, -0.1) is 10.2 Å². The van der Waals surface area contributed by atoms with E-state index in [1.165, 1.54) is 5.69 Å². The summed E-state index contributed by atoms with van der Waals surface area (Å²) in [6, 6.07) is 24.0. The Hall–Kier alpha value is -6.63. The van der Waals surface area contributed by atoms with Gasteiger partial charge >= 0.3 is 0 Å². The molecule has 4 fully saturated rings. The van der Waals surface area contributed by atoms with E-state index in [1.54, 1.807) is 31.2 Å². The van der Waals surface area contributed by atoms with Crippen molar-refractivity contribution in [3.05, 3.63) is 107 Å². The average molecular weight is 947 g/mol. The maximum atomic E-state index is 13.1. The fourth-order valence-corrected chi connectivity index (χ4v) is 11.3. The number of ether oxygens (including phenoxy) is 2. The lowest BCUT2D eigenvalue weighted by Crippen LogP contribution is -2.52. The largest absolute Gasteiger partial charge is 0.490 e. The zero-order valence-corrected chi connectivity index (χ0v) is 39.7. The van der Waals surface area contributed by atoms with Crippen LogP contribution in [0.5, 0.6) is 5.75 Å². The molecule has 1 N–H and O–H groups in total. The molecule has 0 bridgehead atoms. The zero-order chi connectivity index (χ0) is 47.0. The number of rotatable bonds is 10. The molecule has 69 heavy (non-hydrogen) atoms. The molecule has 0 unspecified atom stereocenters. The number of hydrogen-bond acceptors (Lipinski definition) is 12. The van der Waals surface area contributed by atoms with Crippen LogP contribution in [-0.4, -0.2) is 105 Å². The van der Waals surface area contributed by atoms with Gasteiger partial charge in [0.15, 0.2) is 11.5 Å². The molecule has 4 aromatic heterocycles. The topological polar surface area (TPSA) is 168 Å². The van der Waals surface area contributed by atoms with Gasteiger partial charge < -0.3 is 29.5 Å². The highest BCUT2D eigenvalue weighted by Crippen LogP contribution is 2.39. The van der Waals surface area contributed by atoms with Crippen molar-refractivity contribution in [2.24, 2.45) is 11.8 Å². The number of anilines is 2. The molecule has 0 radical (unpaired) electrons. The van der Waals surface area contributed by atoms with Crippen LogP contribution in [0.2, 0.25) is 5.02 Å². The molecule has 15 nitrogen and oxygen atoms in total. The van der Waals surface area contributed by atoms with Crippen LogP contribution in [0.4, 0.5) is 11.6 Å². The highest BCUT2D eigenvalue weighted by Gasteiger charge is 2.37. The summed E-state index contributed by atoms with van der Waals surface area (Å²) >= 11 is 6.17. The number of hydrogen-bond donors (Lipinski definition) is 1. The number of nitrogens with zero attached hydrogens (tertiary/aromatic N) is 10. The number of fused-ring (bicyclic) bond motifs is 2. The minimum Gasteiger partial charge on any atom is -0.490 e. The Morgan fingerprint density at radius 1 is 0.841 bits per heavy atom. The third-order valence-electron chi connectivity index (χ3n) is 15.2. The number of carbonyl (C=O) groups is 2. The summed E-state index contributed by atoms with van der Waals surface area (Å²) in [5, 5.41) is 28.9. The first-order valence-corrected chi connectivity index (χ1v) is 24.9. The lowest BCUT2D eigenvalue weighted by Gasteiger charge is -2.46. The number of carbonyl (C=O) groups excluding carboxylic acids is 2. The molecule has 3 saturated heterocycles. The first-order chi connectivity index (χ1) is 33.7. The molecular weight excluding hydrogens is 890 g/mol. The van der Waals surface area contributed by atoms with Gasteiger partial charge in [-0.05, 0) is 111 Å². The van der Waals surface area contributed by atoms with E-state index in [2.05, 4.69) is 72.5 Å². The summed E-state index contributed by atoms with van der Waals surface area (Å²) in [5.41, 5.74) is 6.98. The van der Waals surface area contributed by atoms with E-state index in [-0.39, 0.29) is 24.0 Å². The summed E-state index contributed by atoms with van der Waals surface area (Å²) in [7, 11) is 0. The van der Waals surface area contributed by atoms with Crippen molar-refractivity contribution in [2.45, 2.75) is 89.4 Å². The molecule has 8 heterocycles. The average Bonchev–Trinajstić information content (AvgIpc) is 3.76. The smallest absolute Gasteiger partial charge is 0.272 e. The van der Waals surface area contributed by atoms with Gasteiger partial charge in [0.2, 0.25) is 5.91 Å². The number of benzene rings is 2. The zero-order valence-electron chi connectivity index (χ0n) is 38.9. The van der Waals surface area contributed by atoms with Gasteiger partial charge in [0.25, 0.3) is 5.91 Å². The standard InChI is InChI=1S/C53H56ClN11O4/c1-33(66)63-22-17-49-45(32-63)52(61-65(49)40-18-23-68-24-19-40)43-4-2-3-35-25-48(56-29-44(35)43)37-6-13-50(57-28-37)64-30-38(31-64)34-15-20-62(21-16-34)51-14-12-47(59-60-51)53(67)58-39-7-10-41(11-8-39)69-42-9-5-36(27-55)46(54)26-42/h2-6,9,12-14,25-26,28-29,34,38-41H,7-8,10-11,15-24,30-32H2,1H3,(H,58,67). The van der Waals surface area contributed by atoms with Crippen LogP contribution in [0.3, 0.4) is 0 Å². The number of amides is 2. The van der Waals surface area contributed by atoms with Crippen molar-refractivity contribution < 1.29 is 19.1 Å². The highest BCUT2D eigenvalue weighted by molar-refractivity contribution is 6.31. The fourth-order valence-electron chi connectivity index (χ4n) is 11.1. The number of halogens is 1. The van der Waals surface area contributed by atoms with E-state index >= 15 is 0 Å². The van der Waals surface area contributed by atoms with E-state index in [0.717, 1.165) is 148 Å². The molecule has 2 aromatic carbocycles. The first-order valence-electron chi connectivity index (χ1n) is 24.5. The van der Waals surface area contributed by atoms with Crippen molar-refractivity contribution in [1.29, 1.82) is 5.26 Å². The van der Waals surface area contributed by atoms with Gasteiger partial charge in [0.05, 0.1) is 34.1 Å². The van der Waals surface area contributed by atoms with Gasteiger partial charge in [0.1, 0.15) is 17.6 Å². The van der Waals surface area contributed by atoms with Crippen molar-refractivity contribution in [3.8, 4) is 34.3 Å². The minimum absolute atomic E-state index is 0.0303. The van der Waals surface area contributed by atoms with E-state index in [0.29, 0.717) is 53.0 Å². The Bertz CT molecular complexity index is 2890. The molecule has 11 rings (SSSR count). The predicted molar refractivity (Wildman–Crippen MR) is 263 cm³/mol. The second kappa shape index (κ2) is 19.4. The number of piperidine rings is 1. The van der Waals surface area contributed by atoms with Crippen LogP contribution in [0, 0.1) is 23.2 Å². The summed E-state index contributed by atoms with van der Waals surface area (Å²) in [6.07, 6.45) is 12.0. The Balaban J connectivity index is 0.658. The number of nitriles is 1. The third-order valence-corrected chi connectivity index (χ3v) is 15.5. The van der Waals surface area contributed by atoms with Gasteiger partial charge in [-0.25, -0.2) is 4.98 Å². The SMILES string of the molecule is CC(=O)N1CCc2c(c(-c3cccc4cc(-c5ccc(N6CC(C7CCN(c8ccc(C(=O)NC9CCC(Oc%10ccc(C#N)c(Cl)c%10)CC9)nn8)CC7)C6)nc5)ncc34)nn2C2CCOCC2)C1. The van der Waals surface area contributed by atoms with Crippen LogP contribution in [0.15, 0.2) is 79.1 Å². The van der Waals surface area contributed by atoms with Crippen molar-refractivity contribution in [3.63, 3.8) is 0 Å². The lowest BCUT2D eigenvalue weighted by molar-refractivity contribution is -0.129. The van der Waals surface area contributed by atoms with Crippen molar-refractivity contribution in [1.82, 2.24) is 40.2 Å².